The van der Waals surface area contributed by atoms with Crippen LogP contribution in [-0.4, -0.2) is 33.9 Å². The fraction of sp³-hybridized carbons (Fsp3) is 0.600. The molecule has 0 aliphatic rings. The molecule has 0 aliphatic heterocycles. The molecule has 0 aliphatic carbocycles. The van der Waals surface area contributed by atoms with Crippen LogP contribution < -0.4 is 5.32 Å². The molecular weight excluding hydrogens is 290 g/mol. The van der Waals surface area contributed by atoms with Crippen molar-refractivity contribution in [2.45, 2.75) is 33.6 Å². The van der Waals surface area contributed by atoms with E-state index in [4.69, 9.17) is 16.7 Å². The molecule has 0 atom stereocenters. The quantitative estimate of drug-likeness (QED) is 0.599. The van der Waals surface area contributed by atoms with Crippen molar-refractivity contribution in [1.82, 2.24) is 15.1 Å². The summed E-state index contributed by atoms with van der Waals surface area (Å²) in [5.74, 6) is -0.156. The number of halogens is 1. The summed E-state index contributed by atoms with van der Waals surface area (Å²) in [6.07, 6.45) is 4.84. The second-order valence-electron chi connectivity index (χ2n) is 5.96. The van der Waals surface area contributed by atoms with Gasteiger partial charge < -0.3 is 10.4 Å². The Kier molecular flexibility index (Phi) is 6.42. The van der Waals surface area contributed by atoms with Gasteiger partial charge in [0.1, 0.15) is 5.15 Å². The zero-order valence-corrected chi connectivity index (χ0v) is 13.9. The van der Waals surface area contributed by atoms with Gasteiger partial charge in [0.05, 0.1) is 5.69 Å². The van der Waals surface area contributed by atoms with E-state index in [1.807, 2.05) is 20.8 Å². The molecule has 21 heavy (non-hydrogen) atoms. The Labute approximate surface area is 131 Å². The number of carbonyl (C=O) groups is 1. The molecule has 118 valence electrons. The lowest BCUT2D eigenvalue weighted by Crippen LogP contribution is -2.24. The fourth-order valence-corrected chi connectivity index (χ4v) is 2.15. The molecule has 0 radical (unpaired) electrons. The van der Waals surface area contributed by atoms with Crippen molar-refractivity contribution in [2.75, 3.05) is 13.2 Å². The predicted molar refractivity (Wildman–Crippen MR) is 85.1 cm³/mol. The maximum absolute atomic E-state index is 11.7. The van der Waals surface area contributed by atoms with E-state index in [-0.39, 0.29) is 17.9 Å². The lowest BCUT2D eigenvalue weighted by molar-refractivity contribution is -0.116. The first kappa shape index (κ1) is 17.7. The van der Waals surface area contributed by atoms with Crippen LogP contribution in [-0.2, 0) is 11.8 Å². The third-order valence-electron chi connectivity index (χ3n) is 3.36. The molecule has 0 fully saturated rings. The molecule has 1 aromatic rings. The number of nitrogens with zero attached hydrogens (tertiary/aromatic N) is 2. The zero-order valence-electron chi connectivity index (χ0n) is 13.1. The van der Waals surface area contributed by atoms with Crippen LogP contribution in [0.4, 0.5) is 0 Å². The number of rotatable bonds is 7. The first-order valence-corrected chi connectivity index (χ1v) is 7.40. The monoisotopic (exact) mass is 313 g/mol. The third kappa shape index (κ3) is 5.52. The smallest absolute Gasteiger partial charge is 0.244 e. The SMILES string of the molecule is Cc1nn(C)c(Cl)c1/C=C/C(=O)NCCCC(C)(C)CO. The Balaban J connectivity index is 2.42. The van der Waals surface area contributed by atoms with Gasteiger partial charge >= 0.3 is 0 Å². The summed E-state index contributed by atoms with van der Waals surface area (Å²) < 4.78 is 1.57. The van der Waals surface area contributed by atoms with Gasteiger partial charge in [0.2, 0.25) is 5.91 Å². The second kappa shape index (κ2) is 7.61. The van der Waals surface area contributed by atoms with E-state index >= 15 is 0 Å². The van der Waals surface area contributed by atoms with Crippen LogP contribution in [0.5, 0.6) is 0 Å². The largest absolute Gasteiger partial charge is 0.396 e. The normalized spacial score (nSPS) is 12.1. The Hall–Kier alpha value is -1.33. The molecule has 6 heteroatoms. The molecule has 2 N–H and O–H groups in total. The summed E-state index contributed by atoms with van der Waals surface area (Å²) in [5, 5.41) is 16.7. The minimum absolute atomic E-state index is 0.0963. The molecule has 0 unspecified atom stereocenters. The number of nitrogens with one attached hydrogen (secondary N) is 1. The molecule has 0 aromatic carbocycles. The Morgan fingerprint density at radius 3 is 2.71 bits per heavy atom. The van der Waals surface area contributed by atoms with Crippen molar-refractivity contribution in [3.05, 3.63) is 22.5 Å². The molecule has 0 spiro atoms. The van der Waals surface area contributed by atoms with Gasteiger partial charge in [0, 0.05) is 31.8 Å². The second-order valence-corrected chi connectivity index (χ2v) is 6.32. The van der Waals surface area contributed by atoms with Crippen molar-refractivity contribution < 1.29 is 9.90 Å². The van der Waals surface area contributed by atoms with Crippen LogP contribution in [0.3, 0.4) is 0 Å². The summed E-state index contributed by atoms with van der Waals surface area (Å²) >= 11 is 6.08. The number of amides is 1. The van der Waals surface area contributed by atoms with Gasteiger partial charge in [-0.15, -0.1) is 0 Å². The summed E-state index contributed by atoms with van der Waals surface area (Å²) in [6.45, 7) is 6.59. The zero-order chi connectivity index (χ0) is 16.0. The summed E-state index contributed by atoms with van der Waals surface area (Å²) in [7, 11) is 1.76. The standard InChI is InChI=1S/C15H24ClN3O2/c1-11-12(14(16)19(4)18-11)6-7-13(21)17-9-5-8-15(2,3)10-20/h6-7,20H,5,8-10H2,1-4H3,(H,17,21)/b7-6+. The number of hydrogen-bond donors (Lipinski definition) is 2. The lowest BCUT2D eigenvalue weighted by atomic mass is 9.89. The summed E-state index contributed by atoms with van der Waals surface area (Å²) in [6, 6.07) is 0. The van der Waals surface area contributed by atoms with Gasteiger partial charge in [-0.1, -0.05) is 25.4 Å². The van der Waals surface area contributed by atoms with Crippen LogP contribution in [0.1, 0.15) is 37.9 Å². The number of aryl methyl sites for hydroxylation is 2. The molecule has 1 rings (SSSR count). The van der Waals surface area contributed by atoms with Crippen molar-refractivity contribution in [1.29, 1.82) is 0 Å². The van der Waals surface area contributed by atoms with Crippen LogP contribution in [0.25, 0.3) is 6.08 Å². The highest BCUT2D eigenvalue weighted by Crippen LogP contribution is 2.21. The topological polar surface area (TPSA) is 67.2 Å². The molecule has 5 nitrogen and oxygen atoms in total. The van der Waals surface area contributed by atoms with Gasteiger partial charge in [-0.05, 0) is 31.3 Å². The average Bonchev–Trinajstić information content (AvgIpc) is 2.66. The fourth-order valence-electron chi connectivity index (χ4n) is 1.91. The number of aromatic nitrogens is 2. The van der Waals surface area contributed by atoms with Crippen LogP contribution in [0.15, 0.2) is 6.08 Å². The number of aliphatic hydroxyl groups excluding tert-OH is 1. The highest BCUT2D eigenvalue weighted by atomic mass is 35.5. The predicted octanol–water partition coefficient (Wildman–Crippen LogP) is 2.31. The van der Waals surface area contributed by atoms with Crippen molar-refractivity contribution in [3.63, 3.8) is 0 Å². The van der Waals surface area contributed by atoms with Crippen molar-refractivity contribution in [2.24, 2.45) is 12.5 Å². The van der Waals surface area contributed by atoms with Crippen LogP contribution >= 0.6 is 11.6 Å². The van der Waals surface area contributed by atoms with Crippen LogP contribution in [0.2, 0.25) is 5.15 Å². The van der Waals surface area contributed by atoms with Gasteiger partial charge in [0.25, 0.3) is 0 Å². The number of aliphatic hydroxyl groups is 1. The van der Waals surface area contributed by atoms with E-state index in [2.05, 4.69) is 10.4 Å². The summed E-state index contributed by atoms with van der Waals surface area (Å²) in [5.41, 5.74) is 1.45. The van der Waals surface area contributed by atoms with E-state index in [1.165, 1.54) is 6.08 Å². The Bertz CT molecular complexity index is 521. The highest BCUT2D eigenvalue weighted by Gasteiger charge is 2.15. The van der Waals surface area contributed by atoms with Crippen molar-refractivity contribution >= 4 is 23.6 Å². The molecular formula is C15H24ClN3O2. The molecule has 0 saturated heterocycles. The van der Waals surface area contributed by atoms with Gasteiger partial charge in [0.15, 0.2) is 0 Å². The lowest BCUT2D eigenvalue weighted by Gasteiger charge is -2.20. The first-order valence-electron chi connectivity index (χ1n) is 7.03. The van der Waals surface area contributed by atoms with E-state index in [9.17, 15) is 4.79 Å². The average molecular weight is 314 g/mol. The molecule has 1 amide bonds. The van der Waals surface area contributed by atoms with Crippen molar-refractivity contribution in [3.8, 4) is 0 Å². The number of hydrogen-bond acceptors (Lipinski definition) is 3. The Morgan fingerprint density at radius 2 is 2.19 bits per heavy atom. The minimum atomic E-state index is -0.156. The highest BCUT2D eigenvalue weighted by molar-refractivity contribution is 6.31. The first-order chi connectivity index (χ1) is 9.76. The minimum Gasteiger partial charge on any atom is -0.396 e. The van der Waals surface area contributed by atoms with Crippen LogP contribution in [0, 0.1) is 12.3 Å². The van der Waals surface area contributed by atoms with Gasteiger partial charge in [-0.3, -0.25) is 9.48 Å². The molecule has 1 heterocycles. The number of carbonyl (C=O) groups excluding carboxylic acids is 1. The maximum atomic E-state index is 11.7. The van der Waals surface area contributed by atoms with E-state index in [0.29, 0.717) is 11.7 Å². The molecule has 0 saturated carbocycles. The Morgan fingerprint density at radius 1 is 1.52 bits per heavy atom. The summed E-state index contributed by atoms with van der Waals surface area (Å²) in [4.78, 5) is 11.7. The van der Waals surface area contributed by atoms with Gasteiger partial charge in [-0.2, -0.15) is 5.10 Å². The van der Waals surface area contributed by atoms with E-state index < -0.39 is 0 Å². The van der Waals surface area contributed by atoms with E-state index in [0.717, 1.165) is 24.1 Å². The van der Waals surface area contributed by atoms with Gasteiger partial charge in [-0.25, -0.2) is 0 Å². The van der Waals surface area contributed by atoms with E-state index in [1.54, 1.807) is 17.8 Å². The molecule has 0 bridgehead atoms. The molecule has 1 aromatic heterocycles. The maximum Gasteiger partial charge on any atom is 0.244 e. The third-order valence-corrected chi connectivity index (χ3v) is 3.80.